The maximum absolute atomic E-state index is 13.2. The molecular formula is C21H25BN4O3. The van der Waals surface area contributed by atoms with Crippen molar-refractivity contribution in [2.45, 2.75) is 58.2 Å². The van der Waals surface area contributed by atoms with Crippen LogP contribution in [0.15, 0.2) is 24.5 Å². The molecule has 150 valence electrons. The normalized spacial score (nSPS) is 28.3. The zero-order valence-electron chi connectivity index (χ0n) is 17.3. The van der Waals surface area contributed by atoms with Crippen LogP contribution in [0.25, 0.3) is 5.52 Å². The van der Waals surface area contributed by atoms with E-state index in [-0.39, 0.29) is 11.8 Å². The minimum absolute atomic E-state index is 0.0750. The highest BCUT2D eigenvalue weighted by Gasteiger charge is 2.57. The molecule has 3 aliphatic rings. The maximum Gasteiger partial charge on any atom is 0.496 e. The van der Waals surface area contributed by atoms with E-state index >= 15 is 0 Å². The van der Waals surface area contributed by atoms with Crippen LogP contribution in [0.5, 0.6) is 0 Å². The van der Waals surface area contributed by atoms with Crippen molar-refractivity contribution in [3.63, 3.8) is 0 Å². The number of rotatable bonds is 3. The van der Waals surface area contributed by atoms with Crippen LogP contribution in [0.3, 0.4) is 0 Å². The Balaban J connectivity index is 1.51. The first kappa shape index (κ1) is 18.7. The molecule has 2 aromatic rings. The van der Waals surface area contributed by atoms with E-state index in [9.17, 15) is 10.1 Å². The molecule has 0 aromatic carbocycles. The maximum atomic E-state index is 13.2. The molecule has 1 amide bonds. The van der Waals surface area contributed by atoms with E-state index in [1.807, 2.05) is 46.0 Å². The lowest BCUT2D eigenvalue weighted by Crippen LogP contribution is -2.41. The molecule has 0 unspecified atom stereocenters. The SMILES string of the molecule is CC1(C)OB(c2cc3c(N4CC[C@@](C#N)(C5CC5)C4=O)ccnn3c2)OC1(C)C. The molecule has 5 rings (SSSR count). The average Bonchev–Trinajstić information content (AvgIpc) is 3.26. The third-order valence-corrected chi connectivity index (χ3v) is 7.15. The Labute approximate surface area is 170 Å². The molecule has 0 bridgehead atoms. The fourth-order valence-corrected chi connectivity index (χ4v) is 4.47. The Hall–Kier alpha value is -2.37. The number of hydrogen-bond donors (Lipinski definition) is 0. The summed E-state index contributed by atoms with van der Waals surface area (Å²) in [6, 6.07) is 6.17. The highest BCUT2D eigenvalue weighted by Crippen LogP contribution is 2.52. The van der Waals surface area contributed by atoms with Crippen LogP contribution in [0, 0.1) is 22.7 Å². The van der Waals surface area contributed by atoms with Gasteiger partial charge in [-0.05, 0) is 65.0 Å². The van der Waals surface area contributed by atoms with Crippen LogP contribution >= 0.6 is 0 Å². The van der Waals surface area contributed by atoms with E-state index in [0.29, 0.717) is 13.0 Å². The molecule has 2 aliphatic heterocycles. The van der Waals surface area contributed by atoms with Gasteiger partial charge in [0, 0.05) is 24.4 Å². The number of fused-ring (bicyclic) bond motifs is 1. The highest BCUT2D eigenvalue weighted by atomic mass is 16.7. The van der Waals surface area contributed by atoms with Crippen molar-refractivity contribution in [2.24, 2.45) is 11.3 Å². The third-order valence-electron chi connectivity index (χ3n) is 7.15. The minimum Gasteiger partial charge on any atom is -0.399 e. The van der Waals surface area contributed by atoms with Crippen molar-refractivity contribution in [3.05, 3.63) is 24.5 Å². The van der Waals surface area contributed by atoms with E-state index in [1.54, 1.807) is 15.6 Å². The van der Waals surface area contributed by atoms with Crippen LogP contribution in [-0.2, 0) is 14.1 Å². The van der Waals surface area contributed by atoms with Crippen molar-refractivity contribution in [1.29, 1.82) is 5.26 Å². The van der Waals surface area contributed by atoms with E-state index in [0.717, 1.165) is 29.5 Å². The molecule has 4 heterocycles. The van der Waals surface area contributed by atoms with E-state index in [1.165, 1.54) is 0 Å². The molecule has 1 atom stereocenters. The zero-order chi connectivity index (χ0) is 20.6. The van der Waals surface area contributed by atoms with Gasteiger partial charge in [0.1, 0.15) is 5.41 Å². The summed E-state index contributed by atoms with van der Waals surface area (Å²) in [6.45, 7) is 8.65. The van der Waals surface area contributed by atoms with Gasteiger partial charge in [-0.2, -0.15) is 10.4 Å². The van der Waals surface area contributed by atoms with Crippen LogP contribution in [0.4, 0.5) is 5.69 Å². The quantitative estimate of drug-likeness (QED) is 0.749. The number of carbonyl (C=O) groups excluding carboxylic acids is 1. The lowest BCUT2D eigenvalue weighted by Gasteiger charge is -2.32. The summed E-state index contributed by atoms with van der Waals surface area (Å²) in [7, 11) is -0.492. The molecule has 1 saturated carbocycles. The Morgan fingerprint density at radius 2 is 1.93 bits per heavy atom. The molecule has 2 saturated heterocycles. The van der Waals surface area contributed by atoms with Gasteiger partial charge in [0.15, 0.2) is 0 Å². The van der Waals surface area contributed by atoms with E-state index in [2.05, 4.69) is 11.2 Å². The summed E-state index contributed by atoms with van der Waals surface area (Å²) in [5, 5.41) is 14.2. The van der Waals surface area contributed by atoms with Crippen LogP contribution in [0.1, 0.15) is 47.0 Å². The summed E-state index contributed by atoms with van der Waals surface area (Å²) < 4.78 is 14.1. The number of amides is 1. The number of nitriles is 1. The van der Waals surface area contributed by atoms with Crippen LogP contribution < -0.4 is 10.4 Å². The Bertz CT molecular complexity index is 1040. The van der Waals surface area contributed by atoms with Gasteiger partial charge in [-0.3, -0.25) is 4.79 Å². The Morgan fingerprint density at radius 3 is 2.55 bits per heavy atom. The first-order valence-electron chi connectivity index (χ1n) is 10.2. The molecular weight excluding hydrogens is 367 g/mol. The van der Waals surface area contributed by atoms with Crippen LogP contribution in [-0.4, -0.2) is 40.4 Å². The van der Waals surface area contributed by atoms with Gasteiger partial charge < -0.3 is 14.2 Å². The third kappa shape index (κ3) is 2.57. The summed E-state index contributed by atoms with van der Waals surface area (Å²) >= 11 is 0. The second-order valence-corrected chi connectivity index (χ2v) is 9.47. The standard InChI is InChI=1S/C21H25BN4O3/c1-19(2)20(3,4)29-22(28-19)15-11-17-16(7-9-24-26(17)12-15)25-10-8-21(13-23,18(25)27)14-5-6-14/h7,9,11-12,14H,5-6,8,10H2,1-4H3/t21-/m1/s1. The van der Waals surface area contributed by atoms with Gasteiger partial charge in [-0.25, -0.2) is 4.52 Å². The molecule has 0 N–H and O–H groups in total. The summed E-state index contributed by atoms with van der Waals surface area (Å²) in [4.78, 5) is 15.0. The van der Waals surface area contributed by atoms with Crippen molar-refractivity contribution < 1.29 is 14.1 Å². The number of anilines is 1. The second-order valence-electron chi connectivity index (χ2n) is 9.47. The largest absolute Gasteiger partial charge is 0.496 e. The van der Waals surface area contributed by atoms with Crippen molar-refractivity contribution in [1.82, 2.24) is 9.61 Å². The monoisotopic (exact) mass is 392 g/mol. The Kier molecular flexibility index (Phi) is 3.75. The van der Waals surface area contributed by atoms with E-state index in [4.69, 9.17) is 9.31 Å². The van der Waals surface area contributed by atoms with Gasteiger partial charge in [0.25, 0.3) is 0 Å². The van der Waals surface area contributed by atoms with Crippen molar-refractivity contribution >= 4 is 29.7 Å². The number of aromatic nitrogens is 2. The lowest BCUT2D eigenvalue weighted by atomic mass is 9.81. The zero-order valence-corrected chi connectivity index (χ0v) is 17.3. The topological polar surface area (TPSA) is 79.9 Å². The molecule has 0 radical (unpaired) electrons. The van der Waals surface area contributed by atoms with Gasteiger partial charge in [-0.1, -0.05) is 0 Å². The molecule has 1 aliphatic carbocycles. The van der Waals surface area contributed by atoms with Gasteiger partial charge >= 0.3 is 7.12 Å². The first-order valence-corrected chi connectivity index (χ1v) is 10.2. The van der Waals surface area contributed by atoms with Crippen LogP contribution in [0.2, 0.25) is 0 Å². The molecule has 0 spiro atoms. The Morgan fingerprint density at radius 1 is 1.24 bits per heavy atom. The number of nitrogens with zero attached hydrogens (tertiary/aromatic N) is 4. The smallest absolute Gasteiger partial charge is 0.399 e. The summed E-state index contributed by atoms with van der Waals surface area (Å²) in [5.41, 5.74) is 0.749. The van der Waals surface area contributed by atoms with Crippen molar-refractivity contribution in [3.8, 4) is 6.07 Å². The lowest BCUT2D eigenvalue weighted by molar-refractivity contribution is -0.123. The summed E-state index contributed by atoms with van der Waals surface area (Å²) in [5.74, 6) is 0.129. The van der Waals surface area contributed by atoms with Gasteiger partial charge in [-0.15, -0.1) is 0 Å². The molecule has 29 heavy (non-hydrogen) atoms. The fraction of sp³-hybridized carbons (Fsp3) is 0.571. The van der Waals surface area contributed by atoms with Crippen molar-refractivity contribution in [2.75, 3.05) is 11.4 Å². The second kappa shape index (κ2) is 5.84. The first-order chi connectivity index (χ1) is 13.7. The number of hydrogen-bond acceptors (Lipinski definition) is 5. The minimum atomic E-state index is -0.860. The molecule has 2 aromatic heterocycles. The fourth-order valence-electron chi connectivity index (χ4n) is 4.47. The van der Waals surface area contributed by atoms with Gasteiger partial charge in [0.05, 0.1) is 28.5 Å². The highest BCUT2D eigenvalue weighted by molar-refractivity contribution is 6.62. The van der Waals surface area contributed by atoms with Gasteiger partial charge in [0.2, 0.25) is 5.91 Å². The summed E-state index contributed by atoms with van der Waals surface area (Å²) in [6.07, 6.45) is 6.10. The van der Waals surface area contributed by atoms with E-state index < -0.39 is 23.7 Å². The predicted octanol–water partition coefficient (Wildman–Crippen LogP) is 2.29. The number of carbonyl (C=O) groups is 1. The predicted molar refractivity (Wildman–Crippen MR) is 109 cm³/mol. The molecule has 3 fully saturated rings. The average molecular weight is 392 g/mol. The molecule has 7 nitrogen and oxygen atoms in total. The molecule has 8 heteroatoms.